The van der Waals surface area contributed by atoms with Crippen molar-refractivity contribution in [1.29, 1.82) is 0 Å². The molecule has 0 spiro atoms. The highest BCUT2D eigenvalue weighted by Gasteiger charge is 2.27. The van der Waals surface area contributed by atoms with Crippen LogP contribution in [0.1, 0.15) is 47.0 Å². The van der Waals surface area contributed by atoms with Crippen LogP contribution < -0.4 is 5.32 Å². The lowest BCUT2D eigenvalue weighted by Crippen LogP contribution is -2.45. The molecule has 1 atom stereocenters. The minimum Gasteiger partial charge on any atom is -0.465 e. The van der Waals surface area contributed by atoms with Gasteiger partial charge < -0.3 is 10.1 Å². The Balaban J connectivity index is 4.34. The van der Waals surface area contributed by atoms with E-state index >= 15 is 0 Å². The van der Waals surface area contributed by atoms with Crippen LogP contribution in [0.4, 0.5) is 0 Å². The molecule has 0 aliphatic carbocycles. The van der Waals surface area contributed by atoms with E-state index < -0.39 is 0 Å². The standard InChI is InChI=1S/C13H27NO2S/c1-6-11(12(15)16-9-4)14-10-13(7-2,8-3)17-5/h11,14H,6-10H2,1-5H3. The monoisotopic (exact) mass is 261 g/mol. The summed E-state index contributed by atoms with van der Waals surface area (Å²) in [6.07, 6.45) is 5.13. The van der Waals surface area contributed by atoms with Crippen LogP contribution in [0, 0.1) is 0 Å². The van der Waals surface area contributed by atoms with Gasteiger partial charge in [-0.3, -0.25) is 4.79 Å². The molecule has 0 heterocycles. The summed E-state index contributed by atoms with van der Waals surface area (Å²) >= 11 is 1.88. The van der Waals surface area contributed by atoms with Gasteiger partial charge in [-0.2, -0.15) is 11.8 Å². The molecule has 0 amide bonds. The largest absolute Gasteiger partial charge is 0.465 e. The number of carbonyl (C=O) groups excluding carboxylic acids is 1. The van der Waals surface area contributed by atoms with Crippen molar-refractivity contribution >= 4 is 17.7 Å². The molecule has 0 fully saturated rings. The van der Waals surface area contributed by atoms with E-state index in [0.29, 0.717) is 6.61 Å². The van der Waals surface area contributed by atoms with Gasteiger partial charge in [0.25, 0.3) is 0 Å². The maximum atomic E-state index is 11.7. The molecule has 0 rings (SSSR count). The smallest absolute Gasteiger partial charge is 0.323 e. The summed E-state index contributed by atoms with van der Waals surface area (Å²) in [5.74, 6) is -0.128. The van der Waals surface area contributed by atoms with E-state index in [0.717, 1.165) is 25.8 Å². The van der Waals surface area contributed by atoms with Crippen LogP contribution in [0.25, 0.3) is 0 Å². The first-order valence-electron chi connectivity index (χ1n) is 6.54. The van der Waals surface area contributed by atoms with Crippen LogP contribution in [0.5, 0.6) is 0 Å². The summed E-state index contributed by atoms with van der Waals surface area (Å²) in [5.41, 5.74) is 0. The van der Waals surface area contributed by atoms with E-state index in [-0.39, 0.29) is 16.8 Å². The van der Waals surface area contributed by atoms with Crippen LogP contribution in [0.3, 0.4) is 0 Å². The number of ether oxygens (including phenoxy) is 1. The van der Waals surface area contributed by atoms with Crippen molar-refractivity contribution in [2.24, 2.45) is 0 Å². The fraction of sp³-hybridized carbons (Fsp3) is 0.923. The molecule has 0 aromatic carbocycles. The van der Waals surface area contributed by atoms with E-state index in [9.17, 15) is 4.79 Å². The van der Waals surface area contributed by atoms with Gasteiger partial charge in [0.05, 0.1) is 6.61 Å². The predicted octanol–water partition coefficient (Wildman–Crippen LogP) is 2.84. The Morgan fingerprint density at radius 1 is 1.29 bits per heavy atom. The first-order chi connectivity index (χ1) is 8.09. The highest BCUT2D eigenvalue weighted by atomic mass is 32.2. The zero-order valence-electron chi connectivity index (χ0n) is 11.8. The molecule has 102 valence electrons. The molecule has 0 aliphatic rings. The summed E-state index contributed by atoms with van der Waals surface area (Å²) < 4.78 is 5.29. The number of nitrogens with one attached hydrogen (secondary N) is 1. The highest BCUT2D eigenvalue weighted by molar-refractivity contribution is 8.00. The van der Waals surface area contributed by atoms with Gasteiger partial charge in [0.2, 0.25) is 0 Å². The summed E-state index contributed by atoms with van der Waals surface area (Å²) in [7, 11) is 0. The zero-order chi connectivity index (χ0) is 13.3. The number of esters is 1. The second kappa shape index (κ2) is 8.81. The van der Waals surface area contributed by atoms with Crippen molar-refractivity contribution in [1.82, 2.24) is 5.32 Å². The Labute approximate surface area is 110 Å². The molecule has 0 bridgehead atoms. The van der Waals surface area contributed by atoms with Crippen molar-refractivity contribution in [3.8, 4) is 0 Å². The van der Waals surface area contributed by atoms with Crippen LogP contribution in [0.15, 0.2) is 0 Å². The SMILES string of the molecule is CCOC(=O)C(CC)NCC(CC)(CC)SC. The van der Waals surface area contributed by atoms with Gasteiger partial charge in [-0.25, -0.2) is 0 Å². The predicted molar refractivity (Wildman–Crippen MR) is 75.5 cm³/mol. The van der Waals surface area contributed by atoms with Gasteiger partial charge >= 0.3 is 5.97 Å². The second-order valence-electron chi connectivity index (χ2n) is 4.19. The third-order valence-electron chi connectivity index (χ3n) is 3.37. The van der Waals surface area contributed by atoms with Gasteiger partial charge in [-0.15, -0.1) is 0 Å². The minimum absolute atomic E-state index is 0.128. The van der Waals surface area contributed by atoms with E-state index in [1.165, 1.54) is 0 Å². The van der Waals surface area contributed by atoms with Gasteiger partial charge in [-0.1, -0.05) is 20.8 Å². The first kappa shape index (κ1) is 16.8. The van der Waals surface area contributed by atoms with Crippen molar-refractivity contribution in [2.45, 2.75) is 57.7 Å². The number of thioether (sulfide) groups is 1. The fourth-order valence-corrected chi connectivity index (χ4v) is 2.61. The normalized spacial score (nSPS) is 13.5. The summed E-state index contributed by atoms with van der Waals surface area (Å²) in [5, 5.41) is 3.35. The van der Waals surface area contributed by atoms with Crippen molar-refractivity contribution in [3.63, 3.8) is 0 Å². The third kappa shape index (κ3) is 5.30. The fourth-order valence-electron chi connectivity index (χ4n) is 1.81. The molecular formula is C13H27NO2S. The van der Waals surface area contributed by atoms with Crippen LogP contribution >= 0.6 is 11.8 Å². The summed E-state index contributed by atoms with van der Waals surface area (Å²) in [6.45, 7) is 9.56. The third-order valence-corrected chi connectivity index (χ3v) is 4.96. The van der Waals surface area contributed by atoms with E-state index in [1.54, 1.807) is 0 Å². The molecule has 1 unspecified atom stereocenters. The minimum atomic E-state index is -0.167. The molecule has 3 nitrogen and oxygen atoms in total. The average Bonchev–Trinajstić information content (AvgIpc) is 2.36. The van der Waals surface area contributed by atoms with E-state index in [2.05, 4.69) is 25.4 Å². The first-order valence-corrected chi connectivity index (χ1v) is 7.76. The number of hydrogen-bond donors (Lipinski definition) is 1. The topological polar surface area (TPSA) is 38.3 Å². The summed E-state index contributed by atoms with van der Waals surface area (Å²) in [4.78, 5) is 11.7. The lowest BCUT2D eigenvalue weighted by atomic mass is 10.0. The van der Waals surface area contributed by atoms with Crippen LogP contribution in [-0.2, 0) is 9.53 Å². The Bertz CT molecular complexity index is 209. The highest BCUT2D eigenvalue weighted by Crippen LogP contribution is 2.29. The quantitative estimate of drug-likeness (QED) is 0.648. The van der Waals surface area contributed by atoms with Crippen LogP contribution in [-0.4, -0.2) is 36.2 Å². The number of rotatable bonds is 9. The lowest BCUT2D eigenvalue weighted by Gasteiger charge is -2.31. The van der Waals surface area contributed by atoms with Crippen molar-refractivity contribution < 1.29 is 9.53 Å². The van der Waals surface area contributed by atoms with Gasteiger partial charge in [-0.05, 0) is 32.4 Å². The molecular weight excluding hydrogens is 234 g/mol. The molecule has 1 N–H and O–H groups in total. The maximum Gasteiger partial charge on any atom is 0.323 e. The Hall–Kier alpha value is -0.220. The van der Waals surface area contributed by atoms with Gasteiger partial charge in [0, 0.05) is 11.3 Å². The van der Waals surface area contributed by atoms with Gasteiger partial charge in [0.15, 0.2) is 0 Å². The molecule has 17 heavy (non-hydrogen) atoms. The Kier molecular flexibility index (Phi) is 8.70. The Morgan fingerprint density at radius 3 is 2.24 bits per heavy atom. The molecule has 0 saturated carbocycles. The van der Waals surface area contributed by atoms with Gasteiger partial charge in [0.1, 0.15) is 6.04 Å². The molecule has 4 heteroatoms. The van der Waals surface area contributed by atoms with Crippen molar-refractivity contribution in [3.05, 3.63) is 0 Å². The zero-order valence-corrected chi connectivity index (χ0v) is 12.7. The average molecular weight is 261 g/mol. The molecule has 0 aromatic rings. The van der Waals surface area contributed by atoms with Crippen molar-refractivity contribution in [2.75, 3.05) is 19.4 Å². The second-order valence-corrected chi connectivity index (χ2v) is 5.46. The summed E-state index contributed by atoms with van der Waals surface area (Å²) in [6, 6.07) is -0.167. The number of hydrogen-bond acceptors (Lipinski definition) is 4. The molecule has 0 radical (unpaired) electrons. The molecule has 0 aromatic heterocycles. The Morgan fingerprint density at radius 2 is 1.88 bits per heavy atom. The maximum absolute atomic E-state index is 11.7. The number of carbonyl (C=O) groups is 1. The molecule has 0 aliphatic heterocycles. The molecule has 0 saturated heterocycles. The van der Waals surface area contributed by atoms with E-state index in [1.807, 2.05) is 25.6 Å². The van der Waals surface area contributed by atoms with E-state index in [4.69, 9.17) is 4.74 Å². The lowest BCUT2D eigenvalue weighted by molar-refractivity contribution is -0.145. The van der Waals surface area contributed by atoms with Crippen LogP contribution in [0.2, 0.25) is 0 Å².